The quantitative estimate of drug-likeness (QED) is 0.852. The molecule has 88 valence electrons. The SMILES string of the molecule is Cc1cccc(NC2CC(C)N(C)C2)c1Cl. The molecule has 2 rings (SSSR count). The summed E-state index contributed by atoms with van der Waals surface area (Å²) in [6, 6.07) is 7.31. The maximum absolute atomic E-state index is 6.27. The highest BCUT2D eigenvalue weighted by atomic mass is 35.5. The monoisotopic (exact) mass is 238 g/mol. The smallest absolute Gasteiger partial charge is 0.0666 e. The van der Waals surface area contributed by atoms with Gasteiger partial charge in [-0.25, -0.2) is 0 Å². The number of hydrogen-bond donors (Lipinski definition) is 1. The van der Waals surface area contributed by atoms with E-state index in [0.717, 1.165) is 22.8 Å². The van der Waals surface area contributed by atoms with Crippen LogP contribution in [0.3, 0.4) is 0 Å². The molecule has 2 atom stereocenters. The van der Waals surface area contributed by atoms with Crippen molar-refractivity contribution >= 4 is 17.3 Å². The first-order valence-corrected chi connectivity index (χ1v) is 6.17. The lowest BCUT2D eigenvalue weighted by Crippen LogP contribution is -2.25. The van der Waals surface area contributed by atoms with Gasteiger partial charge in [0.2, 0.25) is 0 Å². The minimum Gasteiger partial charge on any atom is -0.380 e. The van der Waals surface area contributed by atoms with E-state index < -0.39 is 0 Å². The Bertz CT molecular complexity index is 368. The van der Waals surface area contributed by atoms with E-state index in [9.17, 15) is 0 Å². The number of benzene rings is 1. The molecule has 0 saturated carbocycles. The molecule has 1 fully saturated rings. The number of nitrogens with zero attached hydrogens (tertiary/aromatic N) is 1. The lowest BCUT2D eigenvalue weighted by molar-refractivity contribution is 0.330. The summed E-state index contributed by atoms with van der Waals surface area (Å²) in [5, 5.41) is 4.39. The average molecular weight is 239 g/mol. The molecule has 0 bridgehead atoms. The predicted molar refractivity (Wildman–Crippen MR) is 70.3 cm³/mol. The second-order valence-electron chi connectivity index (χ2n) is 4.80. The molecule has 0 amide bonds. The van der Waals surface area contributed by atoms with Gasteiger partial charge in [-0.05, 0) is 38.9 Å². The molecule has 2 nitrogen and oxygen atoms in total. The fourth-order valence-electron chi connectivity index (χ4n) is 2.28. The van der Waals surface area contributed by atoms with Crippen molar-refractivity contribution in [2.75, 3.05) is 18.9 Å². The normalized spacial score (nSPS) is 26.0. The van der Waals surface area contributed by atoms with Gasteiger partial charge in [-0.1, -0.05) is 23.7 Å². The highest BCUT2D eigenvalue weighted by Gasteiger charge is 2.26. The van der Waals surface area contributed by atoms with Crippen molar-refractivity contribution in [2.45, 2.75) is 32.4 Å². The largest absolute Gasteiger partial charge is 0.380 e. The Kier molecular flexibility index (Phi) is 3.41. The molecule has 0 radical (unpaired) electrons. The van der Waals surface area contributed by atoms with E-state index >= 15 is 0 Å². The maximum Gasteiger partial charge on any atom is 0.0666 e. The number of likely N-dealkylation sites (tertiary alicyclic amines) is 1. The zero-order valence-corrected chi connectivity index (χ0v) is 10.9. The molecule has 1 heterocycles. The second kappa shape index (κ2) is 4.64. The predicted octanol–water partition coefficient (Wildman–Crippen LogP) is 3.15. The molecule has 2 unspecified atom stereocenters. The van der Waals surface area contributed by atoms with Crippen LogP contribution in [0, 0.1) is 6.92 Å². The van der Waals surface area contributed by atoms with Crippen LogP contribution in [-0.4, -0.2) is 30.6 Å². The Morgan fingerprint density at radius 3 is 2.81 bits per heavy atom. The van der Waals surface area contributed by atoms with Gasteiger partial charge in [0.15, 0.2) is 0 Å². The van der Waals surface area contributed by atoms with Crippen molar-refractivity contribution in [3.63, 3.8) is 0 Å². The number of anilines is 1. The third-order valence-electron chi connectivity index (χ3n) is 3.44. The van der Waals surface area contributed by atoms with Crippen molar-refractivity contribution in [3.05, 3.63) is 28.8 Å². The van der Waals surface area contributed by atoms with Gasteiger partial charge in [0, 0.05) is 18.6 Å². The summed E-state index contributed by atoms with van der Waals surface area (Å²) in [5.41, 5.74) is 2.19. The van der Waals surface area contributed by atoms with Gasteiger partial charge in [-0.2, -0.15) is 0 Å². The van der Waals surface area contributed by atoms with Crippen molar-refractivity contribution in [2.24, 2.45) is 0 Å². The van der Waals surface area contributed by atoms with Crippen LogP contribution >= 0.6 is 11.6 Å². The summed E-state index contributed by atoms with van der Waals surface area (Å²) >= 11 is 6.27. The fourth-order valence-corrected chi connectivity index (χ4v) is 2.46. The lowest BCUT2D eigenvalue weighted by Gasteiger charge is -2.16. The lowest BCUT2D eigenvalue weighted by atomic mass is 10.1. The van der Waals surface area contributed by atoms with Crippen molar-refractivity contribution in [1.82, 2.24) is 4.90 Å². The van der Waals surface area contributed by atoms with Crippen LogP contribution in [0.4, 0.5) is 5.69 Å². The van der Waals surface area contributed by atoms with E-state index in [-0.39, 0.29) is 0 Å². The maximum atomic E-state index is 6.27. The topological polar surface area (TPSA) is 15.3 Å². The summed E-state index contributed by atoms with van der Waals surface area (Å²) in [5.74, 6) is 0. The average Bonchev–Trinajstić information content (AvgIpc) is 2.54. The molecule has 3 heteroatoms. The van der Waals surface area contributed by atoms with Crippen LogP contribution in [0.5, 0.6) is 0 Å². The zero-order valence-electron chi connectivity index (χ0n) is 10.1. The minimum absolute atomic E-state index is 0.513. The molecule has 1 aromatic carbocycles. The van der Waals surface area contributed by atoms with Gasteiger partial charge in [0.05, 0.1) is 10.7 Å². The highest BCUT2D eigenvalue weighted by molar-refractivity contribution is 6.34. The molecular formula is C13H19ClN2. The summed E-state index contributed by atoms with van der Waals surface area (Å²) in [6.07, 6.45) is 1.18. The number of halogens is 1. The van der Waals surface area contributed by atoms with Crippen LogP contribution in [0.1, 0.15) is 18.9 Å². The van der Waals surface area contributed by atoms with Gasteiger partial charge in [0.1, 0.15) is 0 Å². The van der Waals surface area contributed by atoms with E-state index in [1.807, 2.05) is 19.1 Å². The molecule has 0 aliphatic carbocycles. The van der Waals surface area contributed by atoms with Crippen molar-refractivity contribution in [3.8, 4) is 0 Å². The Labute approximate surface area is 103 Å². The molecule has 1 aliphatic heterocycles. The molecular weight excluding hydrogens is 220 g/mol. The van der Waals surface area contributed by atoms with E-state index in [4.69, 9.17) is 11.6 Å². The van der Waals surface area contributed by atoms with Gasteiger partial charge in [-0.15, -0.1) is 0 Å². The number of rotatable bonds is 2. The summed E-state index contributed by atoms with van der Waals surface area (Å²) in [7, 11) is 2.17. The van der Waals surface area contributed by atoms with Crippen molar-refractivity contribution < 1.29 is 0 Å². The Balaban J connectivity index is 2.08. The van der Waals surface area contributed by atoms with Gasteiger partial charge in [0.25, 0.3) is 0 Å². The summed E-state index contributed by atoms with van der Waals surface area (Å²) in [6.45, 7) is 5.39. The van der Waals surface area contributed by atoms with E-state index in [0.29, 0.717) is 12.1 Å². The van der Waals surface area contributed by atoms with Gasteiger partial charge in [-0.3, -0.25) is 0 Å². The van der Waals surface area contributed by atoms with Gasteiger partial charge >= 0.3 is 0 Å². The molecule has 1 aliphatic rings. The minimum atomic E-state index is 0.513. The van der Waals surface area contributed by atoms with Crippen LogP contribution in [0.15, 0.2) is 18.2 Å². The third kappa shape index (κ3) is 2.33. The molecule has 0 aromatic heterocycles. The summed E-state index contributed by atoms with van der Waals surface area (Å²) in [4.78, 5) is 2.38. The molecule has 1 saturated heterocycles. The first-order chi connectivity index (χ1) is 7.58. The van der Waals surface area contributed by atoms with Gasteiger partial charge < -0.3 is 10.2 Å². The third-order valence-corrected chi connectivity index (χ3v) is 3.94. The number of aryl methyl sites for hydroxylation is 1. The Hall–Kier alpha value is -0.730. The highest BCUT2D eigenvalue weighted by Crippen LogP contribution is 2.27. The van der Waals surface area contributed by atoms with E-state index in [2.05, 4.69) is 30.3 Å². The number of nitrogens with one attached hydrogen (secondary N) is 1. The van der Waals surface area contributed by atoms with Crippen LogP contribution < -0.4 is 5.32 Å². The van der Waals surface area contributed by atoms with Crippen LogP contribution in [0.25, 0.3) is 0 Å². The molecule has 1 N–H and O–H groups in total. The number of likely N-dealkylation sites (N-methyl/N-ethyl adjacent to an activating group) is 1. The second-order valence-corrected chi connectivity index (χ2v) is 5.18. The first kappa shape index (κ1) is 11.7. The van der Waals surface area contributed by atoms with E-state index in [1.54, 1.807) is 0 Å². The first-order valence-electron chi connectivity index (χ1n) is 5.80. The molecule has 16 heavy (non-hydrogen) atoms. The van der Waals surface area contributed by atoms with Crippen molar-refractivity contribution in [1.29, 1.82) is 0 Å². The van der Waals surface area contributed by atoms with E-state index in [1.165, 1.54) is 6.42 Å². The van der Waals surface area contributed by atoms with Crippen LogP contribution in [0.2, 0.25) is 5.02 Å². The summed E-state index contributed by atoms with van der Waals surface area (Å²) < 4.78 is 0. The number of hydrogen-bond acceptors (Lipinski definition) is 2. The Morgan fingerprint density at radius 2 is 2.19 bits per heavy atom. The zero-order chi connectivity index (χ0) is 11.7. The standard InChI is InChI=1S/C13H19ClN2/c1-9-5-4-6-12(13(9)14)15-11-7-10(2)16(3)8-11/h4-6,10-11,15H,7-8H2,1-3H3. The Morgan fingerprint density at radius 1 is 1.44 bits per heavy atom. The molecule has 1 aromatic rings. The fraction of sp³-hybridized carbons (Fsp3) is 0.538. The van der Waals surface area contributed by atoms with Crippen LogP contribution in [-0.2, 0) is 0 Å². The molecule has 0 spiro atoms.